The van der Waals surface area contributed by atoms with E-state index in [1.807, 2.05) is 31.2 Å². The highest BCUT2D eigenvalue weighted by atomic mass is 19.1. The molecule has 3 aromatic rings. The highest BCUT2D eigenvalue weighted by Gasteiger charge is 2.31. The van der Waals surface area contributed by atoms with Gasteiger partial charge in [0.05, 0.1) is 17.1 Å². The minimum atomic E-state index is -0.262. The summed E-state index contributed by atoms with van der Waals surface area (Å²) in [5.41, 5.74) is 4.56. The van der Waals surface area contributed by atoms with Gasteiger partial charge >= 0.3 is 0 Å². The van der Waals surface area contributed by atoms with Gasteiger partial charge in [-0.2, -0.15) is 0 Å². The Kier molecular flexibility index (Phi) is 6.32. The fraction of sp³-hybridized carbons (Fsp3) is 0.444. The summed E-state index contributed by atoms with van der Waals surface area (Å²) in [7, 11) is 0. The first kappa shape index (κ1) is 23.5. The van der Waals surface area contributed by atoms with E-state index in [1.165, 1.54) is 6.07 Å². The van der Waals surface area contributed by atoms with E-state index in [9.17, 15) is 9.18 Å². The largest absolute Gasteiger partial charge is 0.380 e. The van der Waals surface area contributed by atoms with Crippen LogP contribution in [-0.4, -0.2) is 57.1 Å². The van der Waals surface area contributed by atoms with Gasteiger partial charge in [0.25, 0.3) is 0 Å². The van der Waals surface area contributed by atoms with Crippen LogP contribution < -0.4 is 10.2 Å². The second-order valence-electron chi connectivity index (χ2n) is 9.84. The predicted octanol–water partition coefficient (Wildman–Crippen LogP) is 4.71. The lowest BCUT2D eigenvalue weighted by Gasteiger charge is -2.35. The van der Waals surface area contributed by atoms with Crippen molar-refractivity contribution in [2.75, 3.05) is 29.9 Å². The molecule has 184 valence electrons. The number of hydrogen-bond acceptors (Lipinski definition) is 5. The summed E-state index contributed by atoms with van der Waals surface area (Å²) in [4.78, 5) is 25.9. The van der Waals surface area contributed by atoms with Gasteiger partial charge in [-0.15, -0.1) is 0 Å². The number of hydrogen-bond donors (Lipinski definition) is 1. The number of nitrogens with zero attached hydrogens (tertiary/aromatic N) is 5. The predicted molar refractivity (Wildman–Crippen MR) is 137 cm³/mol. The maximum absolute atomic E-state index is 14.9. The summed E-state index contributed by atoms with van der Waals surface area (Å²) >= 11 is 0. The van der Waals surface area contributed by atoms with Crippen LogP contribution in [0.5, 0.6) is 0 Å². The van der Waals surface area contributed by atoms with Crippen LogP contribution in [0.25, 0.3) is 22.6 Å². The Morgan fingerprint density at radius 2 is 1.86 bits per heavy atom. The number of piperidine rings is 1. The van der Waals surface area contributed by atoms with Gasteiger partial charge in [0, 0.05) is 56.4 Å². The number of halogens is 1. The molecule has 1 amide bonds. The van der Waals surface area contributed by atoms with Crippen LogP contribution in [0.1, 0.15) is 39.3 Å². The number of imidazole rings is 1. The second kappa shape index (κ2) is 9.41. The average molecular weight is 477 g/mol. The van der Waals surface area contributed by atoms with Crippen molar-refractivity contribution < 1.29 is 9.18 Å². The zero-order valence-corrected chi connectivity index (χ0v) is 20.9. The van der Waals surface area contributed by atoms with Crippen LogP contribution in [-0.2, 0) is 11.3 Å². The van der Waals surface area contributed by atoms with Gasteiger partial charge in [-0.25, -0.2) is 9.37 Å². The van der Waals surface area contributed by atoms with Crippen LogP contribution in [0, 0.1) is 12.7 Å². The number of rotatable bonds is 5. The second-order valence-corrected chi connectivity index (χ2v) is 9.84. The molecule has 35 heavy (non-hydrogen) atoms. The van der Waals surface area contributed by atoms with E-state index in [0.29, 0.717) is 36.5 Å². The summed E-state index contributed by atoms with van der Waals surface area (Å²) in [6.07, 6.45) is 1.96. The van der Waals surface area contributed by atoms with Gasteiger partial charge in [-0.3, -0.25) is 14.7 Å². The van der Waals surface area contributed by atoms with Crippen LogP contribution in [0.2, 0.25) is 0 Å². The molecule has 8 heteroatoms. The van der Waals surface area contributed by atoms with Crippen LogP contribution >= 0.6 is 0 Å². The van der Waals surface area contributed by atoms with Gasteiger partial charge in [0.1, 0.15) is 11.5 Å². The van der Waals surface area contributed by atoms with E-state index in [1.54, 1.807) is 17.9 Å². The molecular weight excluding hydrogens is 443 g/mol. The molecule has 0 spiro atoms. The number of anilines is 2. The molecule has 2 aromatic heterocycles. The van der Waals surface area contributed by atoms with E-state index in [-0.39, 0.29) is 17.8 Å². The zero-order chi connectivity index (χ0) is 24.7. The molecule has 0 radical (unpaired) electrons. The van der Waals surface area contributed by atoms with E-state index in [0.717, 1.165) is 48.6 Å². The molecule has 0 atom stereocenters. The fourth-order valence-corrected chi connectivity index (χ4v) is 5.17. The molecule has 1 fully saturated rings. The molecule has 5 rings (SSSR count). The van der Waals surface area contributed by atoms with Crippen LogP contribution in [0.4, 0.5) is 16.0 Å². The molecule has 2 aliphatic heterocycles. The third kappa shape index (κ3) is 4.55. The number of amides is 1. The van der Waals surface area contributed by atoms with Gasteiger partial charge in [-0.05, 0) is 63.9 Å². The summed E-state index contributed by atoms with van der Waals surface area (Å²) in [6.45, 7) is 11.2. The Balaban J connectivity index is 1.52. The number of aryl methyl sites for hydroxylation is 1. The molecule has 1 saturated heterocycles. The Morgan fingerprint density at radius 1 is 1.09 bits per heavy atom. The van der Waals surface area contributed by atoms with Crippen molar-refractivity contribution in [3.8, 4) is 22.6 Å². The highest BCUT2D eigenvalue weighted by Crippen LogP contribution is 2.39. The Morgan fingerprint density at radius 3 is 2.54 bits per heavy atom. The third-order valence-electron chi connectivity index (χ3n) is 7.11. The summed E-state index contributed by atoms with van der Waals surface area (Å²) in [5, 5.41) is 3.46. The first-order chi connectivity index (χ1) is 16.8. The Hall–Kier alpha value is -3.26. The topological polar surface area (TPSA) is 66.3 Å². The normalized spacial score (nSPS) is 16.7. The van der Waals surface area contributed by atoms with Gasteiger partial charge in [-0.1, -0.05) is 6.07 Å². The maximum Gasteiger partial charge on any atom is 0.226 e. The van der Waals surface area contributed by atoms with E-state index >= 15 is 0 Å². The molecule has 4 heterocycles. The number of benzene rings is 1. The molecular formula is C27H33FN6O. The monoisotopic (exact) mass is 476 g/mol. The van der Waals surface area contributed by atoms with Crippen molar-refractivity contribution in [2.45, 2.75) is 59.2 Å². The standard InChI is InChI=1S/C27H33FN6O/c1-17(2)32-12-10-21(11-13-32)30-24-16-20(8-9-22(24)28)26-25(23-7-5-6-18(3)29-23)31-27-33(19(4)35)14-15-34(26)27/h5-9,16-17,21,30H,10-15H2,1-4H3. The molecule has 7 nitrogen and oxygen atoms in total. The van der Waals surface area contributed by atoms with Gasteiger partial charge in [0.2, 0.25) is 11.9 Å². The number of fused-ring (bicyclic) bond motifs is 1. The first-order valence-corrected chi connectivity index (χ1v) is 12.4. The smallest absolute Gasteiger partial charge is 0.226 e. The van der Waals surface area contributed by atoms with Crippen molar-refractivity contribution in [1.82, 2.24) is 19.4 Å². The number of pyridine rings is 1. The van der Waals surface area contributed by atoms with E-state index in [4.69, 9.17) is 9.97 Å². The van der Waals surface area contributed by atoms with Gasteiger partial charge < -0.3 is 14.8 Å². The first-order valence-electron chi connectivity index (χ1n) is 12.4. The van der Waals surface area contributed by atoms with Crippen LogP contribution in [0.15, 0.2) is 36.4 Å². The molecule has 0 saturated carbocycles. The summed E-state index contributed by atoms with van der Waals surface area (Å²) < 4.78 is 17.0. The van der Waals surface area contributed by atoms with Crippen molar-refractivity contribution in [3.63, 3.8) is 0 Å². The Bertz CT molecular complexity index is 1240. The highest BCUT2D eigenvalue weighted by molar-refractivity contribution is 5.93. The Labute approximate surface area is 206 Å². The lowest BCUT2D eigenvalue weighted by Crippen LogP contribution is -2.42. The van der Waals surface area contributed by atoms with Crippen molar-refractivity contribution in [2.24, 2.45) is 0 Å². The minimum absolute atomic E-state index is 0.0433. The molecule has 1 aromatic carbocycles. The van der Waals surface area contributed by atoms with Crippen molar-refractivity contribution in [3.05, 3.63) is 47.9 Å². The third-order valence-corrected chi connectivity index (χ3v) is 7.11. The molecule has 0 bridgehead atoms. The molecule has 2 aliphatic rings. The number of carbonyl (C=O) groups excluding carboxylic acids is 1. The van der Waals surface area contributed by atoms with Crippen LogP contribution in [0.3, 0.4) is 0 Å². The fourth-order valence-electron chi connectivity index (χ4n) is 5.17. The average Bonchev–Trinajstić information content (AvgIpc) is 3.40. The number of nitrogens with one attached hydrogen (secondary N) is 1. The molecule has 1 N–H and O–H groups in total. The molecule has 0 aliphatic carbocycles. The SMILES string of the molecule is CC(=O)N1CCn2c1nc(-c1cccc(C)n1)c2-c1ccc(F)c(NC2CCN(C(C)C)CC2)c1. The number of aromatic nitrogens is 3. The lowest BCUT2D eigenvalue weighted by molar-refractivity contribution is -0.116. The summed E-state index contributed by atoms with van der Waals surface area (Å²) in [6, 6.07) is 11.8. The van der Waals surface area contributed by atoms with Crippen molar-refractivity contribution >= 4 is 17.5 Å². The number of likely N-dealkylation sites (tertiary alicyclic amines) is 1. The quantitative estimate of drug-likeness (QED) is 0.578. The van der Waals surface area contributed by atoms with Gasteiger partial charge in [0.15, 0.2) is 0 Å². The molecule has 0 unspecified atom stereocenters. The minimum Gasteiger partial charge on any atom is -0.380 e. The maximum atomic E-state index is 14.9. The number of carbonyl (C=O) groups is 1. The van der Waals surface area contributed by atoms with Crippen molar-refractivity contribution in [1.29, 1.82) is 0 Å². The lowest BCUT2D eigenvalue weighted by atomic mass is 10.0. The van der Waals surface area contributed by atoms with E-state index in [2.05, 4.69) is 28.6 Å². The van der Waals surface area contributed by atoms with E-state index < -0.39 is 0 Å². The zero-order valence-electron chi connectivity index (χ0n) is 20.9. The summed E-state index contributed by atoms with van der Waals surface area (Å²) in [5.74, 6) is 0.311.